The van der Waals surface area contributed by atoms with Gasteiger partial charge in [-0.3, -0.25) is 4.79 Å². The second-order valence-electron chi connectivity index (χ2n) is 6.47. The van der Waals surface area contributed by atoms with Gasteiger partial charge in [-0.2, -0.15) is 4.98 Å². The number of aryl methyl sites for hydroxylation is 1. The lowest BCUT2D eigenvalue weighted by atomic mass is 9.96. The summed E-state index contributed by atoms with van der Waals surface area (Å²) in [6.45, 7) is 3.61. The van der Waals surface area contributed by atoms with Crippen molar-refractivity contribution < 1.29 is 9.21 Å². The van der Waals surface area contributed by atoms with Crippen molar-refractivity contribution in [3.05, 3.63) is 29.3 Å². The highest BCUT2D eigenvalue weighted by molar-refractivity contribution is 7.15. The van der Waals surface area contributed by atoms with Crippen molar-refractivity contribution in [1.82, 2.24) is 15.2 Å². The molecule has 1 aliphatic rings. The Labute approximate surface area is 155 Å². The molecule has 26 heavy (non-hydrogen) atoms. The second kappa shape index (κ2) is 7.41. The molecule has 0 bridgehead atoms. The Morgan fingerprint density at radius 3 is 2.88 bits per heavy atom. The zero-order valence-electron chi connectivity index (χ0n) is 14.6. The van der Waals surface area contributed by atoms with Crippen LogP contribution < -0.4 is 10.2 Å². The molecule has 7 nitrogen and oxygen atoms in total. The Morgan fingerprint density at radius 2 is 2.12 bits per heavy atom. The maximum absolute atomic E-state index is 12.5. The molecule has 1 N–H and O–H groups in total. The van der Waals surface area contributed by atoms with Crippen molar-refractivity contribution in [1.29, 1.82) is 0 Å². The van der Waals surface area contributed by atoms with E-state index in [4.69, 9.17) is 4.42 Å². The summed E-state index contributed by atoms with van der Waals surface area (Å²) in [5.74, 6) is 0.00978. The van der Waals surface area contributed by atoms with Gasteiger partial charge in [0.2, 0.25) is 11.0 Å². The van der Waals surface area contributed by atoms with E-state index in [1.807, 2.05) is 24.3 Å². The molecule has 1 aromatic carbocycles. The maximum Gasteiger partial charge on any atom is 0.298 e. The van der Waals surface area contributed by atoms with Crippen LogP contribution >= 0.6 is 11.3 Å². The molecule has 0 radical (unpaired) electrons. The lowest BCUT2D eigenvalue weighted by Gasteiger charge is -2.29. The average Bonchev–Trinajstić information content (AvgIpc) is 3.29. The van der Waals surface area contributed by atoms with Crippen LogP contribution in [-0.4, -0.2) is 34.2 Å². The summed E-state index contributed by atoms with van der Waals surface area (Å²) in [5, 5.41) is 12.6. The number of benzene rings is 1. The second-order valence-corrected chi connectivity index (χ2v) is 7.53. The zero-order valence-corrected chi connectivity index (χ0v) is 15.5. The summed E-state index contributed by atoms with van der Waals surface area (Å²) in [4.78, 5) is 19.1. The monoisotopic (exact) mass is 371 g/mol. The summed E-state index contributed by atoms with van der Waals surface area (Å²) in [7, 11) is 0. The summed E-state index contributed by atoms with van der Waals surface area (Å²) in [6.07, 6.45) is 3.46. The number of nitrogens with zero attached hydrogens (tertiary/aromatic N) is 4. The van der Waals surface area contributed by atoms with Crippen LogP contribution in [-0.2, 0) is 11.2 Å². The number of carbonyl (C=O) groups is 1. The maximum atomic E-state index is 12.5. The third-order valence-corrected chi connectivity index (χ3v) is 5.48. The topological polar surface area (TPSA) is 84.2 Å². The number of para-hydroxylation sites is 2. The van der Waals surface area contributed by atoms with E-state index in [0.717, 1.165) is 54.9 Å². The number of hydrogen-bond acceptors (Lipinski definition) is 7. The standard InChI is InChI=1S/C18H21N5O2S/c1-2-5-15-21-22-17(26-15)20-16(24)12-8-10-23(11-9-12)18-19-13-6-3-4-7-14(13)25-18/h3-4,6-7,12H,2,5,8-11H2,1H3,(H,20,22,24). The molecule has 0 unspecified atom stereocenters. The number of hydrogen-bond donors (Lipinski definition) is 1. The van der Waals surface area contributed by atoms with Crippen LogP contribution in [0.2, 0.25) is 0 Å². The Kier molecular flexibility index (Phi) is 4.83. The summed E-state index contributed by atoms with van der Waals surface area (Å²) >= 11 is 1.46. The number of oxazole rings is 1. The number of piperidine rings is 1. The van der Waals surface area contributed by atoms with Gasteiger partial charge in [0.15, 0.2) is 5.58 Å². The van der Waals surface area contributed by atoms with Crippen molar-refractivity contribution in [3.63, 3.8) is 0 Å². The van der Waals surface area contributed by atoms with E-state index in [1.54, 1.807) is 0 Å². The molecule has 2 aromatic heterocycles. The van der Waals surface area contributed by atoms with E-state index in [-0.39, 0.29) is 11.8 Å². The van der Waals surface area contributed by atoms with Gasteiger partial charge in [0.1, 0.15) is 10.5 Å². The molecular weight excluding hydrogens is 350 g/mol. The molecule has 3 aromatic rings. The third kappa shape index (κ3) is 3.55. The molecule has 0 spiro atoms. The zero-order chi connectivity index (χ0) is 17.9. The number of nitrogens with one attached hydrogen (secondary N) is 1. The van der Waals surface area contributed by atoms with Crippen LogP contribution in [0, 0.1) is 5.92 Å². The van der Waals surface area contributed by atoms with Crippen molar-refractivity contribution in [3.8, 4) is 0 Å². The molecule has 0 saturated carbocycles. The molecule has 1 amide bonds. The minimum Gasteiger partial charge on any atom is -0.423 e. The van der Waals surface area contributed by atoms with E-state index >= 15 is 0 Å². The van der Waals surface area contributed by atoms with Crippen molar-refractivity contribution in [2.24, 2.45) is 5.92 Å². The lowest BCUT2D eigenvalue weighted by molar-refractivity contribution is -0.120. The summed E-state index contributed by atoms with van der Waals surface area (Å²) in [6, 6.07) is 8.38. The molecule has 1 aliphatic heterocycles. The average molecular weight is 371 g/mol. The molecule has 136 valence electrons. The van der Waals surface area contributed by atoms with Crippen molar-refractivity contribution >= 4 is 39.5 Å². The van der Waals surface area contributed by atoms with Gasteiger partial charge in [0, 0.05) is 25.4 Å². The number of fused-ring (bicyclic) bond motifs is 1. The van der Waals surface area contributed by atoms with Gasteiger partial charge in [-0.15, -0.1) is 10.2 Å². The molecule has 1 saturated heterocycles. The summed E-state index contributed by atoms with van der Waals surface area (Å²) < 4.78 is 5.82. The molecule has 0 aliphatic carbocycles. The minimum atomic E-state index is -0.0193. The number of carbonyl (C=O) groups excluding carboxylic acids is 1. The highest BCUT2D eigenvalue weighted by Gasteiger charge is 2.27. The number of amides is 1. The van der Waals surface area contributed by atoms with Crippen molar-refractivity contribution in [2.75, 3.05) is 23.3 Å². The van der Waals surface area contributed by atoms with Gasteiger partial charge in [-0.25, -0.2) is 0 Å². The van der Waals surface area contributed by atoms with Gasteiger partial charge >= 0.3 is 0 Å². The first-order valence-corrected chi connectivity index (χ1v) is 9.78. The molecular formula is C18H21N5O2S. The van der Waals surface area contributed by atoms with E-state index in [9.17, 15) is 4.79 Å². The number of anilines is 2. The van der Waals surface area contributed by atoms with Gasteiger partial charge in [-0.05, 0) is 31.4 Å². The smallest absolute Gasteiger partial charge is 0.298 e. The normalized spacial score (nSPS) is 15.5. The number of rotatable bonds is 5. The van der Waals surface area contributed by atoms with Gasteiger partial charge < -0.3 is 14.6 Å². The lowest BCUT2D eigenvalue weighted by Crippen LogP contribution is -2.38. The van der Waals surface area contributed by atoms with Crippen LogP contribution in [0.5, 0.6) is 0 Å². The van der Waals surface area contributed by atoms with Gasteiger partial charge in [0.25, 0.3) is 6.01 Å². The van der Waals surface area contributed by atoms with Crippen LogP contribution in [0.4, 0.5) is 11.1 Å². The molecule has 0 atom stereocenters. The molecule has 8 heteroatoms. The first-order chi connectivity index (χ1) is 12.7. The Bertz CT molecular complexity index is 865. The molecule has 3 heterocycles. The highest BCUT2D eigenvalue weighted by Crippen LogP contribution is 2.27. The van der Waals surface area contributed by atoms with E-state index in [0.29, 0.717) is 11.1 Å². The van der Waals surface area contributed by atoms with Gasteiger partial charge in [-0.1, -0.05) is 30.4 Å². The van der Waals surface area contributed by atoms with E-state index < -0.39 is 0 Å². The van der Waals surface area contributed by atoms with Crippen LogP contribution in [0.15, 0.2) is 28.7 Å². The first kappa shape index (κ1) is 17.0. The fraction of sp³-hybridized carbons (Fsp3) is 0.444. The number of aromatic nitrogens is 3. The fourth-order valence-corrected chi connectivity index (χ4v) is 4.00. The fourth-order valence-electron chi connectivity index (χ4n) is 3.15. The predicted octanol–water partition coefficient (Wildman–Crippen LogP) is 3.49. The molecule has 4 rings (SSSR count). The first-order valence-electron chi connectivity index (χ1n) is 8.96. The third-order valence-electron chi connectivity index (χ3n) is 4.58. The van der Waals surface area contributed by atoms with Crippen LogP contribution in [0.3, 0.4) is 0 Å². The quantitative estimate of drug-likeness (QED) is 0.739. The Morgan fingerprint density at radius 1 is 1.31 bits per heavy atom. The minimum absolute atomic E-state index is 0.0193. The summed E-state index contributed by atoms with van der Waals surface area (Å²) in [5.41, 5.74) is 1.66. The van der Waals surface area contributed by atoms with Crippen LogP contribution in [0.25, 0.3) is 11.1 Å². The van der Waals surface area contributed by atoms with E-state index in [1.165, 1.54) is 11.3 Å². The predicted molar refractivity (Wildman–Crippen MR) is 101 cm³/mol. The van der Waals surface area contributed by atoms with Crippen molar-refractivity contribution in [2.45, 2.75) is 32.6 Å². The van der Waals surface area contributed by atoms with Gasteiger partial charge in [0.05, 0.1) is 0 Å². The Hall–Kier alpha value is -2.48. The highest BCUT2D eigenvalue weighted by atomic mass is 32.1. The Balaban J connectivity index is 1.34. The molecule has 1 fully saturated rings. The SMILES string of the molecule is CCCc1nnc(NC(=O)C2CCN(c3nc4ccccc4o3)CC2)s1. The van der Waals surface area contributed by atoms with E-state index in [2.05, 4.69) is 32.3 Å². The largest absolute Gasteiger partial charge is 0.423 e. The van der Waals surface area contributed by atoms with Crippen LogP contribution in [0.1, 0.15) is 31.2 Å².